The van der Waals surface area contributed by atoms with E-state index in [4.69, 9.17) is 4.74 Å². The maximum atomic E-state index is 12.7. The first-order valence-electron chi connectivity index (χ1n) is 10.2. The number of benzene rings is 2. The number of carbonyl (C=O) groups excluding carboxylic acids is 2. The Hall–Kier alpha value is -4.07. The number of aromatic hydroxyl groups is 1. The molecule has 166 valence electrons. The number of aromatic nitrogens is 1. The van der Waals surface area contributed by atoms with Gasteiger partial charge in [-0.15, -0.1) is 0 Å². The van der Waals surface area contributed by atoms with Gasteiger partial charge in [-0.1, -0.05) is 48.5 Å². The highest BCUT2D eigenvalue weighted by Crippen LogP contribution is 2.25. The van der Waals surface area contributed by atoms with Crippen molar-refractivity contribution in [3.05, 3.63) is 82.8 Å². The van der Waals surface area contributed by atoms with E-state index in [2.05, 4.69) is 10.6 Å². The monoisotopic (exact) mass is 435 g/mol. The Balaban J connectivity index is 1.87. The van der Waals surface area contributed by atoms with E-state index in [-0.39, 0.29) is 24.5 Å². The lowest BCUT2D eigenvalue weighted by molar-refractivity contribution is -0.143. The lowest BCUT2D eigenvalue weighted by Crippen LogP contribution is -2.36. The molecule has 1 atom stereocenters. The van der Waals surface area contributed by atoms with Crippen LogP contribution in [0.25, 0.3) is 11.1 Å². The molecule has 1 unspecified atom stereocenters. The van der Waals surface area contributed by atoms with E-state index in [1.165, 1.54) is 23.9 Å². The summed E-state index contributed by atoms with van der Waals surface area (Å²) in [7, 11) is 1.50. The van der Waals surface area contributed by atoms with E-state index in [0.29, 0.717) is 5.56 Å². The number of urea groups is 1. The molecular weight excluding hydrogens is 410 g/mol. The predicted octanol–water partition coefficient (Wildman–Crippen LogP) is 3.57. The Kier molecular flexibility index (Phi) is 7.28. The Labute approximate surface area is 185 Å². The molecule has 0 radical (unpaired) electrons. The van der Waals surface area contributed by atoms with E-state index in [1.54, 1.807) is 13.0 Å². The molecule has 2 amide bonds. The number of hydrogen-bond donors (Lipinski definition) is 3. The van der Waals surface area contributed by atoms with Crippen LogP contribution in [-0.4, -0.2) is 28.3 Å². The number of nitrogens with one attached hydrogen (secondary N) is 2. The normalized spacial score (nSPS) is 11.4. The second-order valence-electron chi connectivity index (χ2n) is 7.14. The van der Waals surface area contributed by atoms with Crippen LogP contribution in [0.15, 0.2) is 71.7 Å². The Bertz CT molecular complexity index is 1160. The van der Waals surface area contributed by atoms with Crippen LogP contribution in [0.3, 0.4) is 0 Å². The molecule has 8 nitrogen and oxygen atoms in total. The van der Waals surface area contributed by atoms with Crippen molar-refractivity contribution in [2.45, 2.75) is 19.4 Å². The number of amides is 2. The summed E-state index contributed by atoms with van der Waals surface area (Å²) in [5, 5.41) is 15.1. The van der Waals surface area contributed by atoms with Crippen molar-refractivity contribution in [2.75, 3.05) is 11.9 Å². The molecule has 2 aromatic carbocycles. The summed E-state index contributed by atoms with van der Waals surface area (Å²) in [5.74, 6) is -0.822. The van der Waals surface area contributed by atoms with Crippen LogP contribution in [0, 0.1) is 0 Å². The van der Waals surface area contributed by atoms with Crippen LogP contribution in [0.1, 0.15) is 24.9 Å². The third-order valence-corrected chi connectivity index (χ3v) is 4.86. The number of anilines is 1. The average molecular weight is 435 g/mol. The first-order valence-corrected chi connectivity index (χ1v) is 10.2. The molecule has 0 saturated heterocycles. The zero-order valence-electron chi connectivity index (χ0n) is 17.9. The standard InChI is InChI=1S/C24H25N3O5/c1-3-32-21(29)15-19(18-11-7-10-17(14-18)16-8-5-4-6-9-16)25-24(31)26-22-20(28)12-13-27(2)23(22)30/h4-14,19,28H,3,15H2,1-2H3,(H2,25,26,31). The van der Waals surface area contributed by atoms with Crippen LogP contribution >= 0.6 is 0 Å². The van der Waals surface area contributed by atoms with E-state index in [0.717, 1.165) is 11.1 Å². The summed E-state index contributed by atoms with van der Waals surface area (Å²) >= 11 is 0. The number of esters is 1. The lowest BCUT2D eigenvalue weighted by Gasteiger charge is -2.20. The zero-order valence-corrected chi connectivity index (χ0v) is 17.9. The largest absolute Gasteiger partial charge is 0.505 e. The van der Waals surface area contributed by atoms with Crippen molar-refractivity contribution in [1.82, 2.24) is 9.88 Å². The van der Waals surface area contributed by atoms with Crippen LogP contribution in [0.2, 0.25) is 0 Å². The number of carbonyl (C=O) groups is 2. The molecule has 3 N–H and O–H groups in total. The number of hydrogen-bond acceptors (Lipinski definition) is 5. The SMILES string of the molecule is CCOC(=O)CC(NC(=O)Nc1c(O)ccn(C)c1=O)c1cccc(-c2ccccc2)c1. The summed E-state index contributed by atoms with van der Waals surface area (Å²) in [6.07, 6.45) is 1.29. The summed E-state index contributed by atoms with van der Waals surface area (Å²) in [5.41, 5.74) is 1.80. The molecule has 0 fully saturated rings. The molecule has 32 heavy (non-hydrogen) atoms. The fourth-order valence-corrected chi connectivity index (χ4v) is 3.25. The second-order valence-corrected chi connectivity index (χ2v) is 7.14. The van der Waals surface area contributed by atoms with Gasteiger partial charge in [0.05, 0.1) is 19.1 Å². The molecule has 0 aliphatic heterocycles. The van der Waals surface area contributed by atoms with E-state index in [9.17, 15) is 19.5 Å². The molecular formula is C24H25N3O5. The molecule has 1 aromatic heterocycles. The Morgan fingerprint density at radius 3 is 2.50 bits per heavy atom. The fourth-order valence-electron chi connectivity index (χ4n) is 3.25. The molecule has 3 aromatic rings. The number of aryl methyl sites for hydroxylation is 1. The second kappa shape index (κ2) is 10.3. The van der Waals surface area contributed by atoms with Crippen molar-refractivity contribution in [1.29, 1.82) is 0 Å². The highest BCUT2D eigenvalue weighted by atomic mass is 16.5. The minimum Gasteiger partial charge on any atom is -0.505 e. The van der Waals surface area contributed by atoms with Gasteiger partial charge in [0.1, 0.15) is 5.75 Å². The van der Waals surface area contributed by atoms with Gasteiger partial charge in [-0.3, -0.25) is 9.59 Å². The van der Waals surface area contributed by atoms with Gasteiger partial charge in [0.15, 0.2) is 5.69 Å². The zero-order chi connectivity index (χ0) is 23.1. The molecule has 0 spiro atoms. The smallest absolute Gasteiger partial charge is 0.319 e. The number of nitrogens with zero attached hydrogens (tertiary/aromatic N) is 1. The Morgan fingerprint density at radius 2 is 1.78 bits per heavy atom. The quantitative estimate of drug-likeness (QED) is 0.492. The number of ether oxygens (including phenoxy) is 1. The Morgan fingerprint density at radius 1 is 1.06 bits per heavy atom. The lowest BCUT2D eigenvalue weighted by atomic mass is 9.98. The van der Waals surface area contributed by atoms with Crippen LogP contribution in [-0.2, 0) is 16.6 Å². The topological polar surface area (TPSA) is 110 Å². The van der Waals surface area contributed by atoms with Gasteiger partial charge >= 0.3 is 12.0 Å². The van der Waals surface area contributed by atoms with Gasteiger partial charge in [0.2, 0.25) is 0 Å². The van der Waals surface area contributed by atoms with Gasteiger partial charge in [-0.2, -0.15) is 0 Å². The van der Waals surface area contributed by atoms with Crippen LogP contribution in [0.4, 0.5) is 10.5 Å². The summed E-state index contributed by atoms with van der Waals surface area (Å²) in [6.45, 7) is 1.92. The molecule has 1 heterocycles. The van der Waals surface area contributed by atoms with E-state index in [1.807, 2.05) is 48.5 Å². The predicted molar refractivity (Wildman–Crippen MR) is 121 cm³/mol. The van der Waals surface area contributed by atoms with Gasteiger partial charge in [-0.25, -0.2) is 4.79 Å². The summed E-state index contributed by atoms with van der Waals surface area (Å²) in [4.78, 5) is 37.1. The number of rotatable bonds is 7. The molecule has 0 aliphatic rings. The third kappa shape index (κ3) is 5.54. The van der Waals surface area contributed by atoms with E-state index < -0.39 is 23.6 Å². The van der Waals surface area contributed by atoms with Gasteiger partial charge in [0, 0.05) is 13.2 Å². The number of pyridine rings is 1. The maximum absolute atomic E-state index is 12.7. The summed E-state index contributed by atoms with van der Waals surface area (Å²) in [6, 6.07) is 17.0. The average Bonchev–Trinajstić information content (AvgIpc) is 2.80. The van der Waals surface area contributed by atoms with Crippen molar-refractivity contribution in [3.63, 3.8) is 0 Å². The van der Waals surface area contributed by atoms with Crippen molar-refractivity contribution < 1.29 is 19.4 Å². The third-order valence-electron chi connectivity index (χ3n) is 4.86. The minimum atomic E-state index is -0.733. The van der Waals surface area contributed by atoms with E-state index >= 15 is 0 Å². The van der Waals surface area contributed by atoms with Crippen LogP contribution < -0.4 is 16.2 Å². The van der Waals surface area contributed by atoms with Gasteiger partial charge in [0.25, 0.3) is 5.56 Å². The van der Waals surface area contributed by atoms with Crippen LogP contribution in [0.5, 0.6) is 5.75 Å². The fraction of sp³-hybridized carbons (Fsp3) is 0.208. The maximum Gasteiger partial charge on any atom is 0.319 e. The molecule has 8 heteroatoms. The highest BCUT2D eigenvalue weighted by molar-refractivity contribution is 5.91. The molecule has 0 aliphatic carbocycles. The van der Waals surface area contributed by atoms with Crippen molar-refractivity contribution in [3.8, 4) is 16.9 Å². The highest BCUT2D eigenvalue weighted by Gasteiger charge is 2.21. The first kappa shape index (κ1) is 22.6. The van der Waals surface area contributed by atoms with Crippen molar-refractivity contribution in [2.24, 2.45) is 7.05 Å². The molecule has 0 saturated carbocycles. The first-order chi connectivity index (χ1) is 15.4. The van der Waals surface area contributed by atoms with Gasteiger partial charge in [-0.05, 0) is 35.7 Å². The minimum absolute atomic E-state index is 0.0989. The van der Waals surface area contributed by atoms with Crippen molar-refractivity contribution >= 4 is 17.7 Å². The summed E-state index contributed by atoms with van der Waals surface area (Å²) < 4.78 is 6.29. The molecule has 0 bridgehead atoms. The van der Waals surface area contributed by atoms with Gasteiger partial charge < -0.3 is 25.0 Å². The molecule has 3 rings (SSSR count).